The van der Waals surface area contributed by atoms with Gasteiger partial charge in [0.15, 0.2) is 0 Å². The molecule has 2 fully saturated rings. The van der Waals surface area contributed by atoms with Crippen LogP contribution >= 0.6 is 11.3 Å². The number of amides is 6. The molecule has 3 aliphatic heterocycles. The summed E-state index contributed by atoms with van der Waals surface area (Å²) in [6.45, 7) is 23.2. The van der Waals surface area contributed by atoms with E-state index in [-0.39, 0.29) is 60.9 Å². The van der Waals surface area contributed by atoms with Crippen LogP contribution in [0, 0.1) is 22.7 Å². The second-order valence-corrected chi connectivity index (χ2v) is 22.5. The average Bonchev–Trinajstić information content (AvgIpc) is 3.98. The molecular weight excluding hydrogens is 913 g/mol. The highest BCUT2D eigenvalue weighted by Crippen LogP contribution is 2.29. The van der Waals surface area contributed by atoms with Gasteiger partial charge in [-0.2, -0.15) is 0 Å². The van der Waals surface area contributed by atoms with Crippen molar-refractivity contribution in [2.45, 2.75) is 144 Å². The minimum absolute atomic E-state index is 0.0816. The smallest absolute Gasteiger partial charge is 0.320 e. The van der Waals surface area contributed by atoms with Crippen molar-refractivity contribution < 1.29 is 38.3 Å². The number of nitrogens with one attached hydrogen (secondary N) is 5. The first kappa shape index (κ1) is 55.5. The number of amidine groups is 1. The molecule has 0 radical (unpaired) electrons. The third kappa shape index (κ3) is 14.8. The van der Waals surface area contributed by atoms with Gasteiger partial charge in [0, 0.05) is 50.2 Å². The zero-order chi connectivity index (χ0) is 51.5. The summed E-state index contributed by atoms with van der Waals surface area (Å²) < 4.78 is 5.34. The molecule has 1 aromatic heterocycles. The van der Waals surface area contributed by atoms with Gasteiger partial charge in [0.2, 0.25) is 35.4 Å². The molecule has 18 nitrogen and oxygen atoms in total. The Bertz CT molecular complexity index is 2150. The van der Waals surface area contributed by atoms with E-state index in [9.17, 15) is 28.8 Å². The van der Waals surface area contributed by atoms with Crippen molar-refractivity contribution in [2.24, 2.45) is 27.7 Å². The topological polar surface area (TPSA) is 224 Å². The average molecular weight is 991 g/mol. The Balaban J connectivity index is 1.43. The Kier molecular flexibility index (Phi) is 19.5. The van der Waals surface area contributed by atoms with Gasteiger partial charge in [-0.1, -0.05) is 113 Å². The number of fused-ring (bicyclic) bond motifs is 1. The number of unbranched alkanes of at least 4 members (excludes halogenated alkanes) is 1. The van der Waals surface area contributed by atoms with E-state index in [2.05, 4.69) is 31.6 Å². The van der Waals surface area contributed by atoms with Crippen molar-refractivity contribution in [3.63, 3.8) is 0 Å². The first-order valence-corrected chi connectivity index (χ1v) is 25.8. The van der Waals surface area contributed by atoms with Crippen LogP contribution in [-0.4, -0.2) is 150 Å². The Morgan fingerprint density at radius 3 is 2.19 bits per heavy atom. The predicted octanol–water partition coefficient (Wildman–Crippen LogP) is 3.79. The van der Waals surface area contributed by atoms with E-state index in [0.29, 0.717) is 50.8 Å². The third-order valence-electron chi connectivity index (χ3n) is 13.5. The Labute approximate surface area is 418 Å². The molecule has 0 saturated carbocycles. The van der Waals surface area contributed by atoms with Crippen LogP contribution in [0.2, 0.25) is 0 Å². The molecule has 0 aliphatic carbocycles. The van der Waals surface area contributed by atoms with Crippen molar-refractivity contribution in [1.29, 1.82) is 0 Å². The summed E-state index contributed by atoms with van der Waals surface area (Å²) in [5.74, 6) is -3.49. The summed E-state index contributed by atoms with van der Waals surface area (Å²) in [6.07, 6.45) is 3.88. The molecule has 2 saturated heterocycles. The predicted molar refractivity (Wildman–Crippen MR) is 269 cm³/mol. The van der Waals surface area contributed by atoms with E-state index >= 15 is 4.79 Å². The highest BCUT2D eigenvalue weighted by Gasteiger charge is 2.44. The monoisotopic (exact) mass is 991 g/mol. The molecule has 3 unspecified atom stereocenters. The van der Waals surface area contributed by atoms with Crippen molar-refractivity contribution in [2.75, 3.05) is 52.4 Å². The maximum absolute atomic E-state index is 15.1. The summed E-state index contributed by atoms with van der Waals surface area (Å²) in [5, 5.41) is 17.9. The van der Waals surface area contributed by atoms with Gasteiger partial charge in [0.1, 0.15) is 41.6 Å². The Morgan fingerprint density at radius 2 is 1.59 bits per heavy atom. The van der Waals surface area contributed by atoms with Crippen LogP contribution < -0.4 is 26.6 Å². The first-order chi connectivity index (χ1) is 33.0. The van der Waals surface area contributed by atoms with Crippen LogP contribution in [0.1, 0.15) is 124 Å². The number of esters is 1. The van der Waals surface area contributed by atoms with Gasteiger partial charge in [-0.15, -0.1) is 11.3 Å². The lowest BCUT2D eigenvalue weighted by molar-refractivity contribution is -0.146. The van der Waals surface area contributed by atoms with Gasteiger partial charge in [-0.3, -0.25) is 43.5 Å². The molecule has 1 aromatic carbocycles. The van der Waals surface area contributed by atoms with Crippen LogP contribution in [-0.2, 0) is 38.3 Å². The maximum atomic E-state index is 15.1. The Morgan fingerprint density at radius 1 is 0.900 bits per heavy atom. The summed E-state index contributed by atoms with van der Waals surface area (Å²) in [5.41, 5.74) is -0.759. The molecule has 5 rings (SSSR count). The number of benzene rings is 1. The minimum atomic E-state index is -1.15. The molecule has 5 N–H and O–H groups in total. The summed E-state index contributed by atoms with van der Waals surface area (Å²) in [6, 6.07) is 3.77. The van der Waals surface area contributed by atoms with Crippen LogP contribution in [0.15, 0.2) is 46.9 Å². The molecule has 8 atom stereocenters. The quantitative estimate of drug-likeness (QED) is 0.120. The zero-order valence-electron chi connectivity index (χ0n) is 43.1. The number of carbonyl (C=O) groups is 7. The largest absolute Gasteiger partial charge is 0.465 e. The number of carbonyl (C=O) groups excluding carboxylic acids is 7. The van der Waals surface area contributed by atoms with E-state index in [1.165, 1.54) is 16.2 Å². The van der Waals surface area contributed by atoms with Gasteiger partial charge in [-0.05, 0) is 41.1 Å². The molecule has 2 aromatic rings. The van der Waals surface area contributed by atoms with E-state index < -0.39 is 70.7 Å². The van der Waals surface area contributed by atoms with Gasteiger partial charge >= 0.3 is 5.97 Å². The van der Waals surface area contributed by atoms with Crippen LogP contribution in [0.5, 0.6) is 0 Å². The standard InChI is InChI=1S/C51H78N10O8S/c1-12-13-26-69-38(64)30-59-22-24-60(25-23-59)36(62)28-35(49-52-20-27-70-49)54-46(66)40(33(5)34-17-15-14-16-18-34)56-48(68)43(51(9,10)11)57-44-42(50(6,7)8)58-45(65)39(31(2)3)55-47(67)41-32(4)19-21-61(41)37(63)29-53-44/h14-18,20,27,31-33,35,39-43H,12-13,19,21-26,28-30H2,1-11H3,(H,53,57)(H,54,66)(H,55,67)(H,56,68)(H,58,65)/t32-,33+,35-,39+,40?,41+,42?,43?/m1/s1. The first-order valence-electron chi connectivity index (χ1n) is 24.9. The fraction of sp³-hybridized carbons (Fsp3) is 0.667. The van der Waals surface area contributed by atoms with Crippen molar-refractivity contribution >= 4 is 58.6 Å². The molecule has 3 aliphatic rings. The molecule has 386 valence electrons. The summed E-state index contributed by atoms with van der Waals surface area (Å²) in [7, 11) is 0. The minimum Gasteiger partial charge on any atom is -0.465 e. The van der Waals surface area contributed by atoms with E-state index in [1.54, 1.807) is 16.5 Å². The number of rotatable bonds is 16. The summed E-state index contributed by atoms with van der Waals surface area (Å²) >= 11 is 1.31. The molecule has 70 heavy (non-hydrogen) atoms. The number of thiazole rings is 1. The molecular formula is C51H78N10O8S. The molecule has 0 spiro atoms. The van der Waals surface area contributed by atoms with Crippen molar-refractivity contribution in [3.05, 3.63) is 52.5 Å². The fourth-order valence-corrected chi connectivity index (χ4v) is 9.79. The normalized spacial score (nSPS) is 22.5. The molecule has 4 heterocycles. The van der Waals surface area contributed by atoms with E-state index in [0.717, 1.165) is 18.4 Å². The lowest BCUT2D eigenvalue weighted by Gasteiger charge is -2.39. The van der Waals surface area contributed by atoms with Crippen molar-refractivity contribution in [3.8, 4) is 0 Å². The Hall–Kier alpha value is -5.43. The van der Waals surface area contributed by atoms with E-state index in [1.807, 2.05) is 111 Å². The number of aromatic nitrogens is 1. The van der Waals surface area contributed by atoms with Gasteiger partial charge in [0.25, 0.3) is 0 Å². The highest BCUT2D eigenvalue weighted by atomic mass is 32.1. The zero-order valence-corrected chi connectivity index (χ0v) is 43.9. The number of ether oxygens (including phenoxy) is 1. The molecule has 19 heteroatoms. The number of aliphatic imine (C=N–C) groups is 1. The van der Waals surface area contributed by atoms with Gasteiger partial charge < -0.3 is 41.1 Å². The van der Waals surface area contributed by atoms with Crippen LogP contribution in [0.25, 0.3) is 0 Å². The van der Waals surface area contributed by atoms with Gasteiger partial charge in [-0.25, -0.2) is 4.98 Å². The van der Waals surface area contributed by atoms with Crippen molar-refractivity contribution in [1.82, 2.24) is 46.3 Å². The fourth-order valence-electron chi connectivity index (χ4n) is 9.10. The third-order valence-corrected chi connectivity index (χ3v) is 14.3. The maximum Gasteiger partial charge on any atom is 0.320 e. The van der Waals surface area contributed by atoms with E-state index in [4.69, 9.17) is 9.73 Å². The van der Waals surface area contributed by atoms with Crippen LogP contribution in [0.3, 0.4) is 0 Å². The number of hydrogen-bond acceptors (Lipinski definition) is 13. The lowest BCUT2D eigenvalue weighted by Crippen LogP contribution is -2.65. The second kappa shape index (κ2) is 24.6. The second-order valence-electron chi connectivity index (χ2n) is 21.5. The number of nitrogens with zero attached hydrogens (tertiary/aromatic N) is 5. The summed E-state index contributed by atoms with van der Waals surface area (Å²) in [4.78, 5) is 113. The number of piperazine rings is 1. The highest BCUT2D eigenvalue weighted by molar-refractivity contribution is 7.09. The lowest BCUT2D eigenvalue weighted by atomic mass is 9.82. The molecule has 6 amide bonds. The van der Waals surface area contributed by atoms with Crippen LogP contribution in [0.4, 0.5) is 0 Å². The SMILES string of the molecule is CCCCOC(=O)CN1CCN(C(=O)C[C@@H](NC(=O)C(NC(=O)C(NC2=NCC(=O)N3CC[C@@H](C)[C@H]3C(=O)N[C@@H](C(C)C)C(=O)NC2C(C)(C)C)C(C)(C)C)[C@@H](C)c2ccccc2)c2nccs2)CC1. The van der Waals surface area contributed by atoms with Gasteiger partial charge in [0.05, 0.1) is 31.7 Å². The molecule has 0 bridgehead atoms. The number of hydrogen-bond donors (Lipinski definition) is 5.